The first kappa shape index (κ1) is 13.1. The Morgan fingerprint density at radius 2 is 2.17 bits per heavy atom. The van der Waals surface area contributed by atoms with E-state index in [9.17, 15) is 0 Å². The van der Waals surface area contributed by atoms with Gasteiger partial charge in [0.1, 0.15) is 12.4 Å². The molecule has 0 aromatic heterocycles. The van der Waals surface area contributed by atoms with Crippen molar-refractivity contribution in [2.45, 2.75) is 31.5 Å². The van der Waals surface area contributed by atoms with E-state index < -0.39 is 0 Å². The first-order valence-corrected chi connectivity index (χ1v) is 6.41. The summed E-state index contributed by atoms with van der Waals surface area (Å²) in [6.45, 7) is 5.05. The third-order valence-corrected chi connectivity index (χ3v) is 3.34. The fourth-order valence-corrected chi connectivity index (χ4v) is 2.12. The lowest BCUT2D eigenvalue weighted by atomic mass is 9.89. The van der Waals surface area contributed by atoms with Gasteiger partial charge in [-0.3, -0.25) is 0 Å². The lowest BCUT2D eigenvalue weighted by Gasteiger charge is -2.34. The first-order valence-electron chi connectivity index (χ1n) is 6.41. The van der Waals surface area contributed by atoms with Crippen molar-refractivity contribution in [3.05, 3.63) is 42.5 Å². The summed E-state index contributed by atoms with van der Waals surface area (Å²) < 4.78 is 10.9. The monoisotopic (exact) mass is 247 g/mol. The van der Waals surface area contributed by atoms with E-state index in [1.54, 1.807) is 13.2 Å². The van der Waals surface area contributed by atoms with Crippen molar-refractivity contribution in [2.24, 2.45) is 0 Å². The maximum absolute atomic E-state index is 5.63. The molecule has 98 valence electrons. The van der Waals surface area contributed by atoms with Gasteiger partial charge in [-0.1, -0.05) is 30.9 Å². The largest absolute Gasteiger partial charge is 0.489 e. The Morgan fingerprint density at radius 1 is 1.39 bits per heavy atom. The Kier molecular flexibility index (Phi) is 4.79. The minimum absolute atomic E-state index is 0.440. The van der Waals surface area contributed by atoms with Gasteiger partial charge >= 0.3 is 0 Å². The smallest absolute Gasteiger partial charge is 0.124 e. The molecule has 1 aliphatic carbocycles. The van der Waals surface area contributed by atoms with Crippen molar-refractivity contribution in [1.82, 2.24) is 5.32 Å². The quantitative estimate of drug-likeness (QED) is 0.751. The molecule has 3 heteroatoms. The molecule has 0 bridgehead atoms. The van der Waals surface area contributed by atoms with E-state index >= 15 is 0 Å². The van der Waals surface area contributed by atoms with Crippen LogP contribution in [0.15, 0.2) is 36.9 Å². The summed E-state index contributed by atoms with van der Waals surface area (Å²) in [6, 6.07) is 8.70. The molecule has 1 saturated carbocycles. The van der Waals surface area contributed by atoms with E-state index in [-0.39, 0.29) is 0 Å². The highest BCUT2D eigenvalue weighted by molar-refractivity contribution is 5.33. The van der Waals surface area contributed by atoms with E-state index in [0.29, 0.717) is 18.8 Å². The number of nitrogens with one attached hydrogen (secondary N) is 1. The fraction of sp³-hybridized carbons (Fsp3) is 0.467. The standard InChI is InChI=1S/C15H21NO2/c1-3-8-18-15-7-5-4-6-12(15)11-16-13-9-14(10-13)17-2/h3-7,13-14,16H,1,8-11H2,2H3. The lowest BCUT2D eigenvalue weighted by molar-refractivity contribution is 0.0169. The van der Waals surface area contributed by atoms with Crippen LogP contribution >= 0.6 is 0 Å². The highest BCUT2D eigenvalue weighted by Gasteiger charge is 2.28. The van der Waals surface area contributed by atoms with Crippen LogP contribution in [0.1, 0.15) is 18.4 Å². The number of hydrogen-bond acceptors (Lipinski definition) is 3. The molecule has 0 radical (unpaired) electrons. The molecule has 1 aromatic rings. The molecule has 0 aliphatic heterocycles. The van der Waals surface area contributed by atoms with Gasteiger partial charge in [0.15, 0.2) is 0 Å². The van der Waals surface area contributed by atoms with Crippen LogP contribution in [-0.2, 0) is 11.3 Å². The van der Waals surface area contributed by atoms with Crippen molar-refractivity contribution in [1.29, 1.82) is 0 Å². The van der Waals surface area contributed by atoms with E-state index in [2.05, 4.69) is 18.0 Å². The van der Waals surface area contributed by atoms with Crippen LogP contribution in [0.5, 0.6) is 5.75 Å². The Hall–Kier alpha value is -1.32. The number of rotatable bonds is 7. The zero-order valence-electron chi connectivity index (χ0n) is 10.9. The minimum Gasteiger partial charge on any atom is -0.489 e. The van der Waals surface area contributed by atoms with Crippen LogP contribution in [0.3, 0.4) is 0 Å². The minimum atomic E-state index is 0.440. The van der Waals surface area contributed by atoms with Gasteiger partial charge in [-0.05, 0) is 18.9 Å². The second kappa shape index (κ2) is 6.57. The molecule has 1 aromatic carbocycles. The first-order chi connectivity index (χ1) is 8.83. The third kappa shape index (κ3) is 3.34. The predicted octanol–water partition coefficient (Wildman–Crippen LogP) is 2.52. The molecule has 0 atom stereocenters. The number of ether oxygens (including phenoxy) is 2. The van der Waals surface area contributed by atoms with Gasteiger partial charge in [0, 0.05) is 25.3 Å². The molecule has 1 fully saturated rings. The topological polar surface area (TPSA) is 30.5 Å². The molecule has 0 saturated heterocycles. The van der Waals surface area contributed by atoms with Crippen LogP contribution in [0.4, 0.5) is 0 Å². The molecule has 0 unspecified atom stereocenters. The second-order valence-corrected chi connectivity index (χ2v) is 4.61. The number of benzene rings is 1. The van der Waals surface area contributed by atoms with Crippen molar-refractivity contribution in [3.63, 3.8) is 0 Å². The predicted molar refractivity (Wildman–Crippen MR) is 72.8 cm³/mol. The summed E-state index contributed by atoms with van der Waals surface area (Å²) in [4.78, 5) is 0. The van der Waals surface area contributed by atoms with Gasteiger partial charge in [-0.2, -0.15) is 0 Å². The van der Waals surface area contributed by atoms with Crippen LogP contribution < -0.4 is 10.1 Å². The Labute approximate surface area is 109 Å². The summed E-state index contributed by atoms with van der Waals surface area (Å²) in [6.07, 6.45) is 4.41. The molecule has 3 nitrogen and oxygen atoms in total. The Bertz CT molecular complexity index is 386. The zero-order valence-corrected chi connectivity index (χ0v) is 10.9. The average molecular weight is 247 g/mol. The fourth-order valence-electron chi connectivity index (χ4n) is 2.12. The molecule has 2 rings (SSSR count). The van der Waals surface area contributed by atoms with Crippen molar-refractivity contribution in [3.8, 4) is 5.75 Å². The van der Waals surface area contributed by atoms with Crippen molar-refractivity contribution in [2.75, 3.05) is 13.7 Å². The van der Waals surface area contributed by atoms with Gasteiger partial charge in [0.2, 0.25) is 0 Å². The number of para-hydroxylation sites is 1. The van der Waals surface area contributed by atoms with Crippen molar-refractivity contribution < 1.29 is 9.47 Å². The van der Waals surface area contributed by atoms with Gasteiger partial charge in [-0.25, -0.2) is 0 Å². The summed E-state index contributed by atoms with van der Waals surface area (Å²) >= 11 is 0. The summed E-state index contributed by atoms with van der Waals surface area (Å²) in [5, 5.41) is 3.53. The SMILES string of the molecule is C=CCOc1ccccc1CNC1CC(OC)C1. The summed E-state index contributed by atoms with van der Waals surface area (Å²) in [7, 11) is 1.78. The Balaban J connectivity index is 1.83. The van der Waals surface area contributed by atoms with Gasteiger partial charge < -0.3 is 14.8 Å². The highest BCUT2D eigenvalue weighted by atomic mass is 16.5. The summed E-state index contributed by atoms with van der Waals surface area (Å²) in [5.74, 6) is 0.938. The summed E-state index contributed by atoms with van der Waals surface area (Å²) in [5.41, 5.74) is 1.19. The number of hydrogen-bond donors (Lipinski definition) is 1. The molecular weight excluding hydrogens is 226 g/mol. The molecule has 0 amide bonds. The normalized spacial score (nSPS) is 22.3. The highest BCUT2D eigenvalue weighted by Crippen LogP contribution is 2.24. The van der Waals surface area contributed by atoms with Gasteiger partial charge in [0.05, 0.1) is 6.10 Å². The molecular formula is C15H21NO2. The van der Waals surface area contributed by atoms with E-state index in [0.717, 1.165) is 25.1 Å². The Morgan fingerprint density at radius 3 is 2.89 bits per heavy atom. The van der Waals surface area contributed by atoms with E-state index in [1.807, 2.05) is 18.2 Å². The molecule has 1 N–H and O–H groups in total. The van der Waals surface area contributed by atoms with Gasteiger partial charge in [-0.15, -0.1) is 0 Å². The lowest BCUT2D eigenvalue weighted by Crippen LogP contribution is -2.44. The van der Waals surface area contributed by atoms with Crippen molar-refractivity contribution >= 4 is 0 Å². The molecule has 1 aliphatic rings. The molecule has 0 spiro atoms. The molecule has 0 heterocycles. The second-order valence-electron chi connectivity index (χ2n) is 4.61. The third-order valence-electron chi connectivity index (χ3n) is 3.34. The van der Waals surface area contributed by atoms with Crippen LogP contribution in [-0.4, -0.2) is 25.9 Å². The maximum atomic E-state index is 5.63. The molecule has 18 heavy (non-hydrogen) atoms. The average Bonchev–Trinajstić information content (AvgIpc) is 2.36. The van der Waals surface area contributed by atoms with Crippen LogP contribution in [0.25, 0.3) is 0 Å². The van der Waals surface area contributed by atoms with Crippen LogP contribution in [0, 0.1) is 0 Å². The zero-order chi connectivity index (χ0) is 12.8. The van der Waals surface area contributed by atoms with Crippen LogP contribution in [0.2, 0.25) is 0 Å². The van der Waals surface area contributed by atoms with E-state index in [1.165, 1.54) is 5.56 Å². The van der Waals surface area contributed by atoms with Gasteiger partial charge in [0.25, 0.3) is 0 Å². The maximum Gasteiger partial charge on any atom is 0.124 e. The van der Waals surface area contributed by atoms with E-state index in [4.69, 9.17) is 9.47 Å². The number of methoxy groups -OCH3 is 1.